The van der Waals surface area contributed by atoms with Crippen molar-refractivity contribution in [1.29, 1.82) is 5.26 Å². The van der Waals surface area contributed by atoms with E-state index in [1.54, 1.807) is 67.8 Å². The van der Waals surface area contributed by atoms with Gasteiger partial charge in [0.25, 0.3) is 0 Å². The van der Waals surface area contributed by atoms with Gasteiger partial charge in [-0.15, -0.1) is 0 Å². The third-order valence-corrected chi connectivity index (χ3v) is 7.74. The third kappa shape index (κ3) is 6.78. The third-order valence-electron chi connectivity index (χ3n) is 6.64. The molecular weight excluding hydrogens is 550 g/mol. The van der Waals surface area contributed by atoms with Crippen molar-refractivity contribution in [2.75, 3.05) is 17.7 Å². The monoisotopic (exact) mass is 578 g/mol. The quantitative estimate of drug-likeness (QED) is 0.244. The molecule has 1 heterocycles. The summed E-state index contributed by atoms with van der Waals surface area (Å²) in [6.45, 7) is 3.78. The molecule has 0 N–H and O–H groups in total. The second kappa shape index (κ2) is 11.9. The second-order valence-electron chi connectivity index (χ2n) is 9.84. The molecule has 0 saturated carbocycles. The highest BCUT2D eigenvalue weighted by molar-refractivity contribution is 7.92. The largest absolute Gasteiger partial charge is 0.497 e. The minimum atomic E-state index is -3.69. The van der Waals surface area contributed by atoms with E-state index in [1.165, 1.54) is 12.3 Å². The summed E-state index contributed by atoms with van der Waals surface area (Å²) in [5, 5.41) is 9.15. The molecule has 0 spiro atoms. The minimum absolute atomic E-state index is 0.0183. The molecule has 0 fully saturated rings. The Balaban J connectivity index is 1.49. The molecule has 4 aromatic rings. The summed E-state index contributed by atoms with van der Waals surface area (Å²) in [4.78, 5) is 8.57. The SMILES string of the molecule is COc1ccc(CN(c2nccc(COc3ccc(C(C)(C)c4cc(F)c(F)c(C#N)c4)cc3)n2)S(C)(=O)=O)cc1. The molecule has 1 aromatic heterocycles. The summed E-state index contributed by atoms with van der Waals surface area (Å²) in [6, 6.07) is 19.9. The Morgan fingerprint density at radius 3 is 2.24 bits per heavy atom. The highest BCUT2D eigenvalue weighted by Gasteiger charge is 2.26. The van der Waals surface area contributed by atoms with Crippen LogP contribution in [0.25, 0.3) is 0 Å². The number of rotatable bonds is 10. The van der Waals surface area contributed by atoms with Gasteiger partial charge in [-0.3, -0.25) is 0 Å². The van der Waals surface area contributed by atoms with Crippen LogP contribution in [0.1, 0.15) is 41.8 Å². The van der Waals surface area contributed by atoms with Crippen LogP contribution < -0.4 is 13.8 Å². The van der Waals surface area contributed by atoms with Gasteiger partial charge in [-0.2, -0.15) is 5.26 Å². The van der Waals surface area contributed by atoms with Crippen LogP contribution in [0.4, 0.5) is 14.7 Å². The van der Waals surface area contributed by atoms with E-state index in [9.17, 15) is 17.2 Å². The van der Waals surface area contributed by atoms with Gasteiger partial charge in [-0.25, -0.2) is 31.5 Å². The molecule has 212 valence electrons. The lowest BCUT2D eigenvalue weighted by Gasteiger charge is -2.26. The number of halogens is 2. The van der Waals surface area contributed by atoms with Gasteiger partial charge in [-0.1, -0.05) is 38.1 Å². The number of hydrogen-bond donors (Lipinski definition) is 0. The lowest BCUT2D eigenvalue weighted by molar-refractivity contribution is 0.301. The van der Waals surface area contributed by atoms with E-state index in [2.05, 4.69) is 9.97 Å². The first-order chi connectivity index (χ1) is 19.4. The molecule has 41 heavy (non-hydrogen) atoms. The molecule has 0 saturated heterocycles. The van der Waals surface area contributed by atoms with E-state index < -0.39 is 27.1 Å². The summed E-state index contributed by atoms with van der Waals surface area (Å²) in [5.74, 6) is -1.04. The van der Waals surface area contributed by atoms with Crippen molar-refractivity contribution in [3.05, 3.63) is 113 Å². The Labute approximate surface area is 237 Å². The topological polar surface area (TPSA) is 105 Å². The number of sulfonamides is 1. The first-order valence-electron chi connectivity index (χ1n) is 12.5. The molecule has 3 aromatic carbocycles. The Morgan fingerprint density at radius 1 is 0.976 bits per heavy atom. The van der Waals surface area contributed by atoms with Gasteiger partial charge in [0, 0.05) is 11.6 Å². The van der Waals surface area contributed by atoms with Crippen molar-refractivity contribution >= 4 is 16.0 Å². The van der Waals surface area contributed by atoms with Crippen LogP contribution in [-0.2, 0) is 28.6 Å². The first kappa shape index (κ1) is 29.4. The van der Waals surface area contributed by atoms with Crippen molar-refractivity contribution in [3.8, 4) is 17.6 Å². The smallest absolute Gasteiger partial charge is 0.239 e. The van der Waals surface area contributed by atoms with Gasteiger partial charge >= 0.3 is 0 Å². The molecule has 0 unspecified atom stereocenters. The molecule has 11 heteroatoms. The van der Waals surface area contributed by atoms with Crippen LogP contribution in [0.5, 0.6) is 11.5 Å². The number of benzene rings is 3. The maximum Gasteiger partial charge on any atom is 0.239 e. The fourth-order valence-electron chi connectivity index (χ4n) is 4.14. The summed E-state index contributed by atoms with van der Waals surface area (Å²) in [5.41, 5.74) is 1.38. The fourth-order valence-corrected chi connectivity index (χ4v) is 4.91. The van der Waals surface area contributed by atoms with E-state index in [-0.39, 0.29) is 24.7 Å². The Bertz CT molecular complexity index is 1690. The van der Waals surface area contributed by atoms with Gasteiger partial charge in [0.2, 0.25) is 16.0 Å². The number of aromatic nitrogens is 2. The predicted octanol–water partition coefficient (Wildman–Crippen LogP) is 5.51. The van der Waals surface area contributed by atoms with Crippen molar-refractivity contribution in [1.82, 2.24) is 9.97 Å². The van der Waals surface area contributed by atoms with E-state index in [0.29, 0.717) is 22.8 Å². The van der Waals surface area contributed by atoms with Crippen LogP contribution in [-0.4, -0.2) is 31.8 Å². The van der Waals surface area contributed by atoms with Crippen molar-refractivity contribution in [2.24, 2.45) is 0 Å². The van der Waals surface area contributed by atoms with Gasteiger partial charge in [0.1, 0.15) is 24.2 Å². The van der Waals surface area contributed by atoms with Gasteiger partial charge < -0.3 is 9.47 Å². The maximum absolute atomic E-state index is 14.1. The van der Waals surface area contributed by atoms with Crippen LogP contribution >= 0.6 is 0 Å². The van der Waals surface area contributed by atoms with E-state index in [1.807, 2.05) is 13.8 Å². The molecular formula is C30H28F2N4O4S. The van der Waals surface area contributed by atoms with Gasteiger partial charge in [0.15, 0.2) is 11.6 Å². The summed E-state index contributed by atoms with van der Waals surface area (Å²) in [7, 11) is -2.14. The average Bonchev–Trinajstić information content (AvgIpc) is 2.96. The van der Waals surface area contributed by atoms with Crippen LogP contribution in [0, 0.1) is 23.0 Å². The Morgan fingerprint density at radius 2 is 1.63 bits per heavy atom. The predicted molar refractivity (Wildman–Crippen MR) is 150 cm³/mol. The fraction of sp³-hybridized carbons (Fsp3) is 0.233. The lowest BCUT2D eigenvalue weighted by atomic mass is 9.77. The summed E-state index contributed by atoms with van der Waals surface area (Å²) in [6.07, 6.45) is 2.56. The zero-order chi connectivity index (χ0) is 29.8. The van der Waals surface area contributed by atoms with E-state index >= 15 is 0 Å². The minimum Gasteiger partial charge on any atom is -0.497 e. The number of anilines is 1. The molecule has 0 aliphatic carbocycles. The van der Waals surface area contributed by atoms with Crippen LogP contribution in [0.15, 0.2) is 72.9 Å². The number of methoxy groups -OCH3 is 1. The van der Waals surface area contributed by atoms with Crippen molar-refractivity contribution in [3.63, 3.8) is 0 Å². The van der Waals surface area contributed by atoms with Gasteiger partial charge in [0.05, 0.1) is 31.2 Å². The molecule has 0 aliphatic rings. The molecule has 0 amide bonds. The lowest BCUT2D eigenvalue weighted by Crippen LogP contribution is -2.31. The molecule has 0 aliphatic heterocycles. The number of nitrogens with zero attached hydrogens (tertiary/aromatic N) is 4. The van der Waals surface area contributed by atoms with E-state index in [4.69, 9.17) is 14.7 Å². The molecule has 0 atom stereocenters. The van der Waals surface area contributed by atoms with Crippen molar-refractivity contribution < 1.29 is 26.7 Å². The second-order valence-corrected chi connectivity index (χ2v) is 11.7. The molecule has 4 rings (SSSR count). The maximum atomic E-state index is 14.1. The number of ether oxygens (including phenoxy) is 2. The standard InChI is InChI=1S/C30H28F2N4O4S/c1-30(2,23-15-21(17-33)28(32)27(31)16-23)22-7-11-26(12-8-22)40-19-24-13-14-34-29(35-24)36(41(4,37)38)18-20-5-9-25(39-3)10-6-20/h5-16H,18-19H2,1-4H3. The Hall–Kier alpha value is -4.56. The highest BCUT2D eigenvalue weighted by Crippen LogP contribution is 2.34. The molecule has 0 radical (unpaired) electrons. The number of hydrogen-bond acceptors (Lipinski definition) is 7. The van der Waals surface area contributed by atoms with Crippen LogP contribution in [0.3, 0.4) is 0 Å². The van der Waals surface area contributed by atoms with Crippen LogP contribution in [0.2, 0.25) is 0 Å². The zero-order valence-electron chi connectivity index (χ0n) is 22.9. The summed E-state index contributed by atoms with van der Waals surface area (Å²) < 4.78 is 65.2. The van der Waals surface area contributed by atoms with Crippen molar-refractivity contribution in [2.45, 2.75) is 32.4 Å². The Kier molecular flexibility index (Phi) is 8.54. The zero-order valence-corrected chi connectivity index (χ0v) is 23.7. The molecule has 0 bridgehead atoms. The number of nitriles is 1. The first-order valence-corrected chi connectivity index (χ1v) is 14.3. The van der Waals surface area contributed by atoms with E-state index in [0.717, 1.165) is 27.8 Å². The highest BCUT2D eigenvalue weighted by atomic mass is 32.2. The summed E-state index contributed by atoms with van der Waals surface area (Å²) >= 11 is 0. The molecule has 8 nitrogen and oxygen atoms in total. The van der Waals surface area contributed by atoms with Gasteiger partial charge in [-0.05, 0) is 59.2 Å². The normalized spacial score (nSPS) is 11.5. The average molecular weight is 579 g/mol.